The van der Waals surface area contributed by atoms with Gasteiger partial charge in [0.05, 0.1) is 23.4 Å². The summed E-state index contributed by atoms with van der Waals surface area (Å²) in [7, 11) is 3.09. The van der Waals surface area contributed by atoms with Gasteiger partial charge in [-0.1, -0.05) is 19.1 Å². The molecule has 0 radical (unpaired) electrons. The molecule has 0 saturated heterocycles. The molecule has 132 valence electrons. The molecule has 1 aromatic heterocycles. The van der Waals surface area contributed by atoms with E-state index >= 15 is 0 Å². The van der Waals surface area contributed by atoms with Crippen molar-refractivity contribution in [1.82, 2.24) is 4.90 Å². The standard InChI is InChI=1S/C18H20N2O5/c1-12(18(23)24)11-19(2)16(21)13-7-4-5-8-14(13)20(3)17(22)15-9-6-10-25-15/h4-10,12H,11H2,1-3H3,(H,23,24). The summed E-state index contributed by atoms with van der Waals surface area (Å²) in [6.45, 7) is 1.60. The molecule has 7 heteroatoms. The van der Waals surface area contributed by atoms with E-state index in [2.05, 4.69) is 0 Å². The van der Waals surface area contributed by atoms with Gasteiger partial charge in [-0.05, 0) is 24.3 Å². The second-order valence-corrected chi connectivity index (χ2v) is 5.78. The lowest BCUT2D eigenvalue weighted by Crippen LogP contribution is -2.35. The normalized spacial score (nSPS) is 11.6. The highest BCUT2D eigenvalue weighted by molar-refractivity contribution is 6.09. The average Bonchev–Trinajstić information content (AvgIpc) is 3.14. The number of benzene rings is 1. The molecule has 7 nitrogen and oxygen atoms in total. The van der Waals surface area contributed by atoms with Crippen LogP contribution in [0.5, 0.6) is 0 Å². The number of aliphatic carboxylic acids is 1. The van der Waals surface area contributed by atoms with E-state index in [0.717, 1.165) is 0 Å². The summed E-state index contributed by atoms with van der Waals surface area (Å²) < 4.78 is 5.11. The highest BCUT2D eigenvalue weighted by atomic mass is 16.4. The topological polar surface area (TPSA) is 91.1 Å². The number of hydrogen-bond acceptors (Lipinski definition) is 4. The van der Waals surface area contributed by atoms with Crippen LogP contribution in [-0.4, -0.2) is 48.4 Å². The van der Waals surface area contributed by atoms with Crippen LogP contribution in [-0.2, 0) is 4.79 Å². The van der Waals surface area contributed by atoms with Crippen molar-refractivity contribution in [3.63, 3.8) is 0 Å². The summed E-state index contributed by atoms with van der Waals surface area (Å²) in [5, 5.41) is 9.00. The van der Waals surface area contributed by atoms with Crippen molar-refractivity contribution in [2.75, 3.05) is 25.5 Å². The van der Waals surface area contributed by atoms with Gasteiger partial charge in [0.1, 0.15) is 0 Å². The fourth-order valence-electron chi connectivity index (χ4n) is 2.40. The predicted octanol–water partition coefficient (Wildman–Crippen LogP) is 2.35. The number of hydrogen-bond donors (Lipinski definition) is 1. The zero-order valence-electron chi connectivity index (χ0n) is 14.3. The van der Waals surface area contributed by atoms with E-state index in [9.17, 15) is 14.4 Å². The Morgan fingerprint density at radius 2 is 1.76 bits per heavy atom. The summed E-state index contributed by atoms with van der Waals surface area (Å²) in [4.78, 5) is 38.8. The van der Waals surface area contributed by atoms with E-state index in [1.807, 2.05) is 0 Å². The fraction of sp³-hybridized carbons (Fsp3) is 0.278. The molecule has 1 unspecified atom stereocenters. The summed E-state index contributed by atoms with van der Waals surface area (Å²) in [6, 6.07) is 9.82. The predicted molar refractivity (Wildman–Crippen MR) is 91.6 cm³/mol. The Hall–Kier alpha value is -3.09. The third-order valence-corrected chi connectivity index (χ3v) is 3.85. The molecule has 2 rings (SSSR count). The molecular weight excluding hydrogens is 324 g/mol. The average molecular weight is 344 g/mol. The molecule has 0 fully saturated rings. The molecule has 2 aromatic rings. The molecule has 0 aliphatic carbocycles. The number of nitrogens with zero attached hydrogens (tertiary/aromatic N) is 2. The number of carbonyl (C=O) groups excluding carboxylic acids is 2. The number of carboxylic acids is 1. The lowest BCUT2D eigenvalue weighted by atomic mass is 10.1. The zero-order chi connectivity index (χ0) is 18.6. The van der Waals surface area contributed by atoms with Crippen molar-refractivity contribution < 1.29 is 23.9 Å². The molecule has 1 N–H and O–H groups in total. The first-order chi connectivity index (χ1) is 11.8. The van der Waals surface area contributed by atoms with Gasteiger partial charge in [-0.25, -0.2) is 0 Å². The number of rotatable bonds is 6. The Kier molecular flexibility index (Phi) is 5.59. The molecule has 2 amide bonds. The van der Waals surface area contributed by atoms with Crippen molar-refractivity contribution in [3.05, 3.63) is 54.0 Å². The maximum Gasteiger partial charge on any atom is 0.308 e. The summed E-state index contributed by atoms with van der Waals surface area (Å²) in [5.74, 6) is -2.24. The van der Waals surface area contributed by atoms with Crippen LogP contribution < -0.4 is 4.90 Å². The van der Waals surface area contributed by atoms with E-state index < -0.39 is 11.9 Å². The SMILES string of the molecule is CC(CN(C)C(=O)c1ccccc1N(C)C(=O)c1ccco1)C(=O)O. The minimum Gasteiger partial charge on any atom is -0.481 e. The molecule has 1 aromatic carbocycles. The largest absolute Gasteiger partial charge is 0.481 e. The van der Waals surface area contributed by atoms with Crippen molar-refractivity contribution in [2.45, 2.75) is 6.92 Å². The van der Waals surface area contributed by atoms with E-state index in [1.165, 1.54) is 30.0 Å². The van der Waals surface area contributed by atoms with Crippen molar-refractivity contribution in [2.24, 2.45) is 5.92 Å². The maximum absolute atomic E-state index is 12.7. The lowest BCUT2D eigenvalue weighted by Gasteiger charge is -2.24. The Morgan fingerprint density at radius 3 is 2.36 bits per heavy atom. The van der Waals surface area contributed by atoms with Crippen LogP contribution in [0.2, 0.25) is 0 Å². The molecule has 0 spiro atoms. The van der Waals surface area contributed by atoms with Gasteiger partial charge in [-0.2, -0.15) is 0 Å². The third kappa shape index (κ3) is 4.06. The van der Waals surface area contributed by atoms with E-state index in [-0.39, 0.29) is 24.1 Å². The second kappa shape index (κ2) is 7.65. The van der Waals surface area contributed by atoms with Gasteiger partial charge in [-0.15, -0.1) is 0 Å². The molecular formula is C18H20N2O5. The molecule has 0 aliphatic rings. The Balaban J connectivity index is 2.26. The number of anilines is 1. The van der Waals surface area contributed by atoms with Crippen molar-refractivity contribution in [1.29, 1.82) is 0 Å². The van der Waals surface area contributed by atoms with E-state index in [4.69, 9.17) is 9.52 Å². The van der Waals surface area contributed by atoms with Crippen LogP contribution in [0.4, 0.5) is 5.69 Å². The number of amides is 2. The molecule has 0 aliphatic heterocycles. The van der Waals surface area contributed by atoms with Gasteiger partial charge in [0.15, 0.2) is 5.76 Å². The highest BCUT2D eigenvalue weighted by Gasteiger charge is 2.24. The first kappa shape index (κ1) is 18.3. The van der Waals surface area contributed by atoms with Gasteiger partial charge in [0.2, 0.25) is 0 Å². The number of carboxylic acid groups (broad SMARTS) is 1. The van der Waals surface area contributed by atoms with E-state index in [0.29, 0.717) is 11.3 Å². The highest BCUT2D eigenvalue weighted by Crippen LogP contribution is 2.23. The maximum atomic E-state index is 12.7. The van der Waals surface area contributed by atoms with Gasteiger partial charge in [0.25, 0.3) is 11.8 Å². The molecule has 0 bridgehead atoms. The van der Waals surface area contributed by atoms with Crippen LogP contribution in [0, 0.1) is 5.92 Å². The van der Waals surface area contributed by atoms with Crippen LogP contribution in [0.15, 0.2) is 47.1 Å². The minimum absolute atomic E-state index is 0.0678. The second-order valence-electron chi connectivity index (χ2n) is 5.78. The first-order valence-corrected chi connectivity index (χ1v) is 7.71. The molecule has 25 heavy (non-hydrogen) atoms. The number of para-hydroxylation sites is 1. The Morgan fingerprint density at radius 1 is 1.08 bits per heavy atom. The van der Waals surface area contributed by atoms with Crippen LogP contribution >= 0.6 is 0 Å². The molecule has 0 saturated carbocycles. The first-order valence-electron chi connectivity index (χ1n) is 7.71. The number of carbonyl (C=O) groups is 3. The van der Waals surface area contributed by atoms with Gasteiger partial charge >= 0.3 is 5.97 Å². The lowest BCUT2D eigenvalue weighted by molar-refractivity contribution is -0.141. The van der Waals surface area contributed by atoms with Gasteiger partial charge in [0, 0.05) is 20.6 Å². The van der Waals surface area contributed by atoms with Crippen molar-refractivity contribution >= 4 is 23.5 Å². The Labute approximate surface area is 145 Å². The summed E-state index contributed by atoms with van der Waals surface area (Å²) in [6.07, 6.45) is 1.40. The quantitative estimate of drug-likeness (QED) is 0.868. The van der Waals surface area contributed by atoms with Crippen LogP contribution in [0.3, 0.4) is 0 Å². The minimum atomic E-state index is -0.974. The molecule has 1 heterocycles. The van der Waals surface area contributed by atoms with Crippen molar-refractivity contribution in [3.8, 4) is 0 Å². The zero-order valence-corrected chi connectivity index (χ0v) is 14.3. The van der Waals surface area contributed by atoms with Crippen LogP contribution in [0.1, 0.15) is 27.8 Å². The fourth-order valence-corrected chi connectivity index (χ4v) is 2.40. The van der Waals surface area contributed by atoms with Crippen LogP contribution in [0.25, 0.3) is 0 Å². The molecule has 1 atom stereocenters. The smallest absolute Gasteiger partial charge is 0.308 e. The number of furan rings is 1. The summed E-state index contributed by atoms with van der Waals surface area (Å²) >= 11 is 0. The summed E-state index contributed by atoms with van der Waals surface area (Å²) in [5.41, 5.74) is 0.730. The monoisotopic (exact) mass is 344 g/mol. The van der Waals surface area contributed by atoms with E-state index in [1.54, 1.807) is 43.4 Å². The Bertz CT molecular complexity index is 770. The van der Waals surface area contributed by atoms with Gasteiger partial charge in [-0.3, -0.25) is 14.4 Å². The van der Waals surface area contributed by atoms with Gasteiger partial charge < -0.3 is 19.3 Å². The third-order valence-electron chi connectivity index (χ3n) is 3.85.